The highest BCUT2D eigenvalue weighted by atomic mass is 16.5. The predicted octanol–water partition coefficient (Wildman–Crippen LogP) is 4.30. The lowest BCUT2D eigenvalue weighted by Crippen LogP contribution is -2.46. The largest absolute Gasteiger partial charge is 0.490 e. The fourth-order valence-electron chi connectivity index (χ4n) is 3.71. The quantitative estimate of drug-likeness (QED) is 0.881. The normalized spacial score (nSPS) is 21.1. The Bertz CT molecular complexity index is 514. The van der Waals surface area contributed by atoms with Crippen LogP contribution in [0.2, 0.25) is 0 Å². The Morgan fingerprint density at radius 3 is 2.30 bits per heavy atom. The molecule has 1 amide bonds. The molecular weight excluding hydrogens is 290 g/mol. The van der Waals surface area contributed by atoms with E-state index in [0.717, 1.165) is 50.0 Å². The zero-order chi connectivity index (χ0) is 16.1. The molecule has 0 unspecified atom stereocenters. The first-order valence-corrected chi connectivity index (χ1v) is 8.85. The zero-order valence-electron chi connectivity index (χ0n) is 14.0. The lowest BCUT2D eigenvalue weighted by molar-refractivity contribution is -0.141. The average Bonchev–Trinajstić information content (AvgIpc) is 3.10. The summed E-state index contributed by atoms with van der Waals surface area (Å²) in [5.41, 5.74) is 0.146. The maximum atomic E-state index is 12.6. The third-order valence-electron chi connectivity index (χ3n) is 5.18. The Kier molecular flexibility index (Phi) is 5.21. The van der Waals surface area contributed by atoms with Gasteiger partial charge in [-0.15, -0.1) is 0 Å². The Morgan fingerprint density at radius 1 is 1.04 bits per heavy atom. The first-order valence-electron chi connectivity index (χ1n) is 8.85. The van der Waals surface area contributed by atoms with Gasteiger partial charge in [-0.25, -0.2) is 0 Å². The van der Waals surface area contributed by atoms with Gasteiger partial charge in [0.1, 0.15) is 11.4 Å². The molecule has 4 nitrogen and oxygen atoms in total. The van der Waals surface area contributed by atoms with Crippen molar-refractivity contribution in [2.45, 2.75) is 69.5 Å². The number of hydrogen-bond acceptors (Lipinski definition) is 3. The summed E-state index contributed by atoms with van der Waals surface area (Å²) < 4.78 is 11.5. The van der Waals surface area contributed by atoms with E-state index < -0.39 is 5.60 Å². The highest BCUT2D eigenvalue weighted by Crippen LogP contribution is 2.32. The third-order valence-corrected chi connectivity index (χ3v) is 5.18. The predicted molar refractivity (Wildman–Crippen MR) is 90.8 cm³/mol. The molecular formula is C19H27NO3. The van der Waals surface area contributed by atoms with Crippen molar-refractivity contribution in [3.8, 4) is 5.75 Å². The van der Waals surface area contributed by atoms with Crippen molar-refractivity contribution in [2.24, 2.45) is 0 Å². The molecule has 0 aromatic heterocycles. The Balaban J connectivity index is 1.59. The molecule has 1 N–H and O–H groups in total. The number of carbonyl (C=O) groups excluding carboxylic acids is 1. The third kappa shape index (κ3) is 3.86. The first kappa shape index (κ1) is 16.3. The topological polar surface area (TPSA) is 47.6 Å². The minimum atomic E-state index is -0.655. The van der Waals surface area contributed by atoms with Crippen molar-refractivity contribution >= 4 is 11.6 Å². The number of carbonyl (C=O) groups is 1. The van der Waals surface area contributed by atoms with E-state index in [1.807, 2.05) is 24.3 Å². The van der Waals surface area contributed by atoms with E-state index in [1.165, 1.54) is 19.3 Å². The van der Waals surface area contributed by atoms with E-state index in [-0.39, 0.29) is 5.91 Å². The van der Waals surface area contributed by atoms with Gasteiger partial charge in [-0.1, -0.05) is 19.3 Å². The molecule has 0 radical (unpaired) electrons. The molecule has 0 atom stereocenters. The van der Waals surface area contributed by atoms with Crippen LogP contribution in [0.25, 0.3) is 0 Å². The highest BCUT2D eigenvalue weighted by Gasteiger charge is 2.39. The van der Waals surface area contributed by atoms with Gasteiger partial charge in [-0.05, 0) is 62.8 Å². The SMILES string of the molecule is COC1(C(=O)Nc2ccc(OC3CCCC3)cc2)CCCCC1. The van der Waals surface area contributed by atoms with Crippen LogP contribution in [0.3, 0.4) is 0 Å². The summed E-state index contributed by atoms with van der Waals surface area (Å²) in [7, 11) is 1.64. The Hall–Kier alpha value is -1.55. The van der Waals surface area contributed by atoms with Crippen molar-refractivity contribution in [3.05, 3.63) is 24.3 Å². The number of ether oxygens (including phenoxy) is 2. The summed E-state index contributed by atoms with van der Waals surface area (Å²) in [6, 6.07) is 7.70. The smallest absolute Gasteiger partial charge is 0.256 e. The molecule has 2 aliphatic rings. The van der Waals surface area contributed by atoms with Crippen molar-refractivity contribution < 1.29 is 14.3 Å². The van der Waals surface area contributed by atoms with E-state index in [1.54, 1.807) is 7.11 Å². The van der Waals surface area contributed by atoms with Gasteiger partial charge in [-0.2, -0.15) is 0 Å². The molecule has 4 heteroatoms. The molecule has 1 aromatic carbocycles. The second-order valence-electron chi connectivity index (χ2n) is 6.76. The molecule has 0 bridgehead atoms. The van der Waals surface area contributed by atoms with Gasteiger partial charge in [0, 0.05) is 12.8 Å². The number of anilines is 1. The summed E-state index contributed by atoms with van der Waals surface area (Å²) in [5, 5.41) is 3.00. The van der Waals surface area contributed by atoms with Gasteiger partial charge >= 0.3 is 0 Å². The van der Waals surface area contributed by atoms with Gasteiger partial charge < -0.3 is 14.8 Å². The van der Waals surface area contributed by atoms with Crippen LogP contribution in [0.4, 0.5) is 5.69 Å². The van der Waals surface area contributed by atoms with Gasteiger partial charge in [-0.3, -0.25) is 4.79 Å². The maximum Gasteiger partial charge on any atom is 0.256 e. The fourth-order valence-corrected chi connectivity index (χ4v) is 3.71. The van der Waals surface area contributed by atoms with Crippen molar-refractivity contribution in [1.82, 2.24) is 0 Å². The van der Waals surface area contributed by atoms with Gasteiger partial charge in [0.2, 0.25) is 0 Å². The molecule has 23 heavy (non-hydrogen) atoms. The summed E-state index contributed by atoms with van der Waals surface area (Å²) in [6.45, 7) is 0. The molecule has 1 aromatic rings. The van der Waals surface area contributed by atoms with Gasteiger partial charge in [0.15, 0.2) is 0 Å². The van der Waals surface area contributed by atoms with Crippen LogP contribution in [-0.2, 0) is 9.53 Å². The molecule has 126 valence electrons. The molecule has 2 saturated carbocycles. The molecule has 0 heterocycles. The average molecular weight is 317 g/mol. The summed E-state index contributed by atoms with van der Waals surface area (Å²) in [5.74, 6) is 0.859. The molecule has 3 rings (SSSR count). The van der Waals surface area contributed by atoms with E-state index in [4.69, 9.17) is 9.47 Å². The zero-order valence-corrected chi connectivity index (χ0v) is 14.0. The molecule has 2 aliphatic carbocycles. The lowest BCUT2D eigenvalue weighted by atomic mass is 9.84. The summed E-state index contributed by atoms with van der Waals surface area (Å²) in [6.07, 6.45) is 10.1. The summed E-state index contributed by atoms with van der Waals surface area (Å²) in [4.78, 5) is 12.6. The van der Waals surface area contributed by atoms with Crippen molar-refractivity contribution in [3.63, 3.8) is 0 Å². The number of amides is 1. The standard InChI is InChI=1S/C19H27NO3/c1-22-19(13-5-2-6-14-19)18(21)20-15-9-11-17(12-10-15)23-16-7-3-4-8-16/h9-12,16H,2-8,13-14H2,1H3,(H,20,21). The van der Waals surface area contributed by atoms with Crippen LogP contribution in [0.1, 0.15) is 57.8 Å². The Morgan fingerprint density at radius 2 is 1.70 bits per heavy atom. The number of hydrogen-bond donors (Lipinski definition) is 1. The molecule has 0 saturated heterocycles. The maximum absolute atomic E-state index is 12.6. The van der Waals surface area contributed by atoms with Crippen LogP contribution in [-0.4, -0.2) is 24.7 Å². The van der Waals surface area contributed by atoms with Crippen LogP contribution in [0, 0.1) is 0 Å². The number of benzene rings is 1. The van der Waals surface area contributed by atoms with Gasteiger partial charge in [0.25, 0.3) is 5.91 Å². The number of methoxy groups -OCH3 is 1. The monoisotopic (exact) mass is 317 g/mol. The van der Waals surface area contributed by atoms with Crippen molar-refractivity contribution in [1.29, 1.82) is 0 Å². The lowest BCUT2D eigenvalue weighted by Gasteiger charge is -2.34. The Labute approximate surface area is 138 Å². The number of rotatable bonds is 5. The van der Waals surface area contributed by atoms with E-state index >= 15 is 0 Å². The van der Waals surface area contributed by atoms with Crippen LogP contribution < -0.4 is 10.1 Å². The first-order chi connectivity index (χ1) is 11.2. The van der Waals surface area contributed by atoms with E-state index in [9.17, 15) is 4.79 Å². The van der Waals surface area contributed by atoms with Crippen LogP contribution in [0.5, 0.6) is 5.75 Å². The highest BCUT2D eigenvalue weighted by molar-refractivity contribution is 5.97. The van der Waals surface area contributed by atoms with Crippen LogP contribution >= 0.6 is 0 Å². The molecule has 2 fully saturated rings. The molecule has 0 aliphatic heterocycles. The van der Waals surface area contributed by atoms with Crippen molar-refractivity contribution in [2.75, 3.05) is 12.4 Å². The second-order valence-corrected chi connectivity index (χ2v) is 6.76. The minimum absolute atomic E-state index is 0.0239. The molecule has 0 spiro atoms. The van der Waals surface area contributed by atoms with E-state index in [2.05, 4.69) is 5.32 Å². The van der Waals surface area contributed by atoms with E-state index in [0.29, 0.717) is 6.10 Å². The minimum Gasteiger partial charge on any atom is -0.490 e. The number of nitrogens with one attached hydrogen (secondary N) is 1. The summed E-state index contributed by atoms with van der Waals surface area (Å²) >= 11 is 0. The van der Waals surface area contributed by atoms with Crippen LogP contribution in [0.15, 0.2) is 24.3 Å². The second kappa shape index (κ2) is 7.35. The fraction of sp³-hybridized carbons (Fsp3) is 0.632. The van der Waals surface area contributed by atoms with Gasteiger partial charge in [0.05, 0.1) is 6.10 Å².